The first-order valence-electron chi connectivity index (χ1n) is 5.45. The van der Waals surface area contributed by atoms with Gasteiger partial charge in [0.25, 0.3) is 0 Å². The van der Waals surface area contributed by atoms with Gasteiger partial charge in [0.2, 0.25) is 5.69 Å². The van der Waals surface area contributed by atoms with Gasteiger partial charge in [0, 0.05) is 19.1 Å². The van der Waals surface area contributed by atoms with Gasteiger partial charge in [-0.05, 0) is 16.9 Å². The summed E-state index contributed by atoms with van der Waals surface area (Å²) in [5.74, 6) is -0.456. The lowest BCUT2D eigenvalue weighted by atomic mass is 10.2. The van der Waals surface area contributed by atoms with Gasteiger partial charge in [-0.25, -0.2) is 4.79 Å². The number of hydrogen-bond acceptors (Lipinski definition) is 4. The van der Waals surface area contributed by atoms with Crippen molar-refractivity contribution in [3.8, 4) is 5.69 Å². The molecule has 0 spiro atoms. The zero-order chi connectivity index (χ0) is 13.1. The highest BCUT2D eigenvalue weighted by atomic mass is 16.6. The third-order valence-electron chi connectivity index (χ3n) is 2.42. The summed E-state index contributed by atoms with van der Waals surface area (Å²) in [6.07, 6.45) is -0.690. The highest BCUT2D eigenvalue weighted by Crippen LogP contribution is 2.10. The molecule has 6 nitrogen and oxygen atoms in total. The topological polar surface area (TPSA) is 76.2 Å². The van der Waals surface area contributed by atoms with Crippen molar-refractivity contribution >= 4 is 5.97 Å². The van der Waals surface area contributed by atoms with Gasteiger partial charge in [-0.3, -0.25) is 9.32 Å². The molecule has 94 valence electrons. The molecular formula is C12H13N2O4+. The second kappa shape index (κ2) is 4.87. The molecule has 1 unspecified atom stereocenters. The molecule has 0 amide bonds. The standard InChI is InChI=1S/C12H12N2O4/c1-8(17-9(2)15)11-12(16)18-13-14(11)10-6-4-3-5-7-10/h3-8H,1-2H3/p+1. The minimum Gasteiger partial charge on any atom is -0.451 e. The number of carbonyl (C=O) groups excluding carboxylic acids is 1. The van der Waals surface area contributed by atoms with Crippen LogP contribution in [-0.4, -0.2) is 11.2 Å². The maximum absolute atomic E-state index is 11.6. The number of hydrogen-bond donors (Lipinski definition) is 1. The van der Waals surface area contributed by atoms with Crippen molar-refractivity contribution in [2.24, 2.45) is 0 Å². The third kappa shape index (κ3) is 2.32. The zero-order valence-corrected chi connectivity index (χ0v) is 10.0. The van der Waals surface area contributed by atoms with E-state index in [-0.39, 0.29) is 5.69 Å². The molecular weight excluding hydrogens is 236 g/mol. The minimum absolute atomic E-state index is 0.233. The van der Waals surface area contributed by atoms with Gasteiger partial charge in [-0.15, -0.1) is 0 Å². The van der Waals surface area contributed by atoms with Crippen molar-refractivity contribution in [1.29, 1.82) is 0 Å². The van der Waals surface area contributed by atoms with E-state index >= 15 is 0 Å². The van der Waals surface area contributed by atoms with Crippen LogP contribution < -0.4 is 10.3 Å². The van der Waals surface area contributed by atoms with E-state index in [1.165, 1.54) is 11.6 Å². The Morgan fingerprint density at radius 1 is 1.39 bits per heavy atom. The van der Waals surface area contributed by atoms with Gasteiger partial charge in [0.05, 0.1) is 0 Å². The number of ether oxygens (including phenoxy) is 1. The van der Waals surface area contributed by atoms with Gasteiger partial charge >= 0.3 is 17.3 Å². The summed E-state index contributed by atoms with van der Waals surface area (Å²) in [4.78, 5) is 22.6. The predicted molar refractivity (Wildman–Crippen MR) is 61.0 cm³/mol. The van der Waals surface area contributed by atoms with Crippen LogP contribution in [0.25, 0.3) is 5.69 Å². The molecule has 0 aliphatic carbocycles. The van der Waals surface area contributed by atoms with E-state index in [9.17, 15) is 9.59 Å². The van der Waals surface area contributed by atoms with Crippen molar-refractivity contribution in [2.75, 3.05) is 0 Å². The molecule has 0 aliphatic rings. The van der Waals surface area contributed by atoms with Crippen LogP contribution in [0.2, 0.25) is 0 Å². The number of benzene rings is 1. The summed E-state index contributed by atoms with van der Waals surface area (Å²) in [6, 6.07) is 9.12. The number of nitrogens with one attached hydrogen (secondary N) is 1. The summed E-state index contributed by atoms with van der Waals surface area (Å²) in [7, 11) is 0. The Morgan fingerprint density at radius 3 is 2.67 bits per heavy atom. The molecule has 0 radical (unpaired) electrons. The number of rotatable bonds is 3. The number of para-hydroxylation sites is 1. The lowest BCUT2D eigenvalue weighted by Crippen LogP contribution is -2.40. The molecule has 18 heavy (non-hydrogen) atoms. The molecule has 0 saturated carbocycles. The fourth-order valence-corrected chi connectivity index (χ4v) is 1.70. The molecule has 0 saturated heterocycles. The van der Waals surface area contributed by atoms with Crippen molar-refractivity contribution in [3.63, 3.8) is 0 Å². The smallest absolute Gasteiger partial charge is 0.434 e. The quantitative estimate of drug-likeness (QED) is 0.646. The van der Waals surface area contributed by atoms with Crippen LogP contribution in [0.3, 0.4) is 0 Å². The molecule has 1 atom stereocenters. The van der Waals surface area contributed by atoms with Crippen LogP contribution in [0.15, 0.2) is 39.6 Å². The van der Waals surface area contributed by atoms with Crippen molar-refractivity contribution in [2.45, 2.75) is 20.0 Å². The molecule has 0 bridgehead atoms. The van der Waals surface area contributed by atoms with Crippen LogP contribution in [-0.2, 0) is 9.53 Å². The number of aromatic nitrogens is 2. The van der Waals surface area contributed by atoms with Gasteiger partial charge in [0.1, 0.15) is 0 Å². The van der Waals surface area contributed by atoms with E-state index in [1.54, 1.807) is 19.1 Å². The van der Waals surface area contributed by atoms with Crippen LogP contribution in [0.1, 0.15) is 25.6 Å². The molecule has 1 aromatic heterocycles. The van der Waals surface area contributed by atoms with Crippen molar-refractivity contribution < 1.29 is 18.7 Å². The SMILES string of the molecule is CC(=O)OC(C)c1c(=O)o[nH][n+]1-c1ccccc1. The molecule has 0 fully saturated rings. The average molecular weight is 249 g/mol. The maximum atomic E-state index is 11.6. The fourth-order valence-electron chi connectivity index (χ4n) is 1.70. The van der Waals surface area contributed by atoms with Gasteiger partial charge in [-0.2, -0.15) is 0 Å². The Bertz CT molecular complexity index is 600. The average Bonchev–Trinajstić information content (AvgIpc) is 2.71. The van der Waals surface area contributed by atoms with Crippen LogP contribution in [0.4, 0.5) is 0 Å². The number of esters is 1. The fraction of sp³-hybridized carbons (Fsp3) is 0.250. The Labute approximate surface area is 103 Å². The Kier molecular flexibility index (Phi) is 3.27. The molecule has 1 aromatic carbocycles. The monoisotopic (exact) mass is 249 g/mol. The Hall–Kier alpha value is -2.37. The molecule has 2 rings (SSSR count). The number of H-pyrrole nitrogens is 1. The van der Waals surface area contributed by atoms with E-state index < -0.39 is 17.7 Å². The van der Waals surface area contributed by atoms with Gasteiger partial charge in [-0.1, -0.05) is 18.2 Å². The van der Waals surface area contributed by atoms with Crippen LogP contribution in [0.5, 0.6) is 0 Å². The second-order valence-electron chi connectivity index (χ2n) is 3.79. The first kappa shape index (κ1) is 12.1. The van der Waals surface area contributed by atoms with E-state index in [4.69, 9.17) is 9.26 Å². The molecule has 6 heteroatoms. The first-order chi connectivity index (χ1) is 8.59. The van der Waals surface area contributed by atoms with E-state index in [0.29, 0.717) is 0 Å². The van der Waals surface area contributed by atoms with E-state index in [1.807, 2.05) is 18.2 Å². The van der Waals surface area contributed by atoms with E-state index in [2.05, 4.69) is 5.27 Å². The van der Waals surface area contributed by atoms with Gasteiger partial charge in [0.15, 0.2) is 6.10 Å². The Balaban J connectivity index is 2.45. The molecule has 0 aliphatic heterocycles. The molecule has 2 aromatic rings. The van der Waals surface area contributed by atoms with Gasteiger partial charge < -0.3 is 4.74 Å². The first-order valence-corrected chi connectivity index (χ1v) is 5.45. The third-order valence-corrected chi connectivity index (χ3v) is 2.42. The predicted octanol–water partition coefficient (Wildman–Crippen LogP) is 0.869. The highest BCUT2D eigenvalue weighted by molar-refractivity contribution is 5.66. The second-order valence-corrected chi connectivity index (χ2v) is 3.79. The lowest BCUT2D eigenvalue weighted by Gasteiger charge is -2.04. The lowest BCUT2D eigenvalue weighted by molar-refractivity contribution is -0.680. The highest BCUT2D eigenvalue weighted by Gasteiger charge is 2.30. The maximum Gasteiger partial charge on any atom is 0.434 e. The molecule has 1 N–H and O–H groups in total. The van der Waals surface area contributed by atoms with E-state index in [0.717, 1.165) is 5.69 Å². The molecule has 1 heterocycles. The number of nitrogens with zero attached hydrogens (tertiary/aromatic N) is 1. The largest absolute Gasteiger partial charge is 0.451 e. The summed E-state index contributed by atoms with van der Waals surface area (Å²) < 4.78 is 11.2. The summed E-state index contributed by atoms with van der Waals surface area (Å²) >= 11 is 0. The number of carbonyl (C=O) groups is 1. The normalized spacial score (nSPS) is 12.1. The summed E-state index contributed by atoms with van der Waals surface area (Å²) in [6.45, 7) is 2.90. The van der Waals surface area contributed by atoms with Crippen LogP contribution in [0, 0.1) is 0 Å². The van der Waals surface area contributed by atoms with Crippen LogP contribution >= 0.6 is 0 Å². The zero-order valence-electron chi connectivity index (χ0n) is 10.0. The van der Waals surface area contributed by atoms with Crippen molar-refractivity contribution in [1.82, 2.24) is 5.27 Å². The summed E-state index contributed by atoms with van der Waals surface area (Å²) in [5.41, 5.74) is 0.390. The Morgan fingerprint density at radius 2 is 2.06 bits per heavy atom. The summed E-state index contributed by atoms with van der Waals surface area (Å²) in [5, 5.41) is 2.48. The number of aromatic amines is 1. The van der Waals surface area contributed by atoms with Crippen molar-refractivity contribution in [3.05, 3.63) is 46.4 Å². The minimum atomic E-state index is -0.690.